The molecule has 2 aliphatic rings. The fourth-order valence-corrected chi connectivity index (χ4v) is 4.99. The van der Waals surface area contributed by atoms with Crippen molar-refractivity contribution in [2.75, 3.05) is 32.9 Å². The highest BCUT2D eigenvalue weighted by Crippen LogP contribution is 2.26. The Bertz CT molecular complexity index is 641. The molecule has 1 atom stereocenters. The average molecular weight is 402 g/mol. The SMILES string of the molecule is CN=C(NCC(C)(C)NS(C)(=O)=O)NC1CCN(C(=O)C2CCCCC2)C1. The van der Waals surface area contributed by atoms with Crippen molar-refractivity contribution in [2.45, 2.75) is 64.0 Å². The highest BCUT2D eigenvalue weighted by Gasteiger charge is 2.32. The summed E-state index contributed by atoms with van der Waals surface area (Å²) >= 11 is 0. The maximum absolute atomic E-state index is 12.7. The van der Waals surface area contributed by atoms with Gasteiger partial charge in [0.25, 0.3) is 0 Å². The van der Waals surface area contributed by atoms with Gasteiger partial charge in [0.2, 0.25) is 15.9 Å². The van der Waals surface area contributed by atoms with Crippen LogP contribution in [-0.4, -0.2) is 69.7 Å². The summed E-state index contributed by atoms with van der Waals surface area (Å²) in [5.41, 5.74) is -0.635. The van der Waals surface area contributed by atoms with Gasteiger partial charge in [0.05, 0.1) is 6.26 Å². The van der Waals surface area contributed by atoms with Crippen LogP contribution in [0.15, 0.2) is 4.99 Å². The van der Waals surface area contributed by atoms with E-state index in [2.05, 4.69) is 20.3 Å². The van der Waals surface area contributed by atoms with E-state index in [4.69, 9.17) is 0 Å². The van der Waals surface area contributed by atoms with Crippen LogP contribution in [0.25, 0.3) is 0 Å². The first kappa shape index (κ1) is 21.9. The van der Waals surface area contributed by atoms with Gasteiger partial charge in [0.1, 0.15) is 0 Å². The maximum Gasteiger partial charge on any atom is 0.225 e. The van der Waals surface area contributed by atoms with Crippen LogP contribution in [0.5, 0.6) is 0 Å². The number of sulfonamides is 1. The molecule has 8 nitrogen and oxygen atoms in total. The lowest BCUT2D eigenvalue weighted by atomic mass is 9.88. The van der Waals surface area contributed by atoms with Crippen molar-refractivity contribution in [3.63, 3.8) is 0 Å². The van der Waals surface area contributed by atoms with Crippen molar-refractivity contribution in [3.05, 3.63) is 0 Å². The molecule has 1 unspecified atom stereocenters. The third-order valence-corrected chi connectivity index (χ3v) is 6.10. The Hall–Kier alpha value is -1.35. The van der Waals surface area contributed by atoms with Gasteiger partial charge in [-0.15, -0.1) is 0 Å². The zero-order valence-corrected chi connectivity index (χ0v) is 17.9. The standard InChI is InChI=1S/C18H35N5O3S/c1-18(2,22-27(4,25)26)13-20-17(19-3)21-15-10-11-23(12-15)16(24)14-8-6-5-7-9-14/h14-15,22H,5-13H2,1-4H3,(H2,19,20,21). The Morgan fingerprint density at radius 2 is 1.85 bits per heavy atom. The summed E-state index contributed by atoms with van der Waals surface area (Å²) in [5, 5.41) is 6.53. The fourth-order valence-electron chi connectivity index (χ4n) is 3.92. The second-order valence-corrected chi connectivity index (χ2v) is 10.2. The van der Waals surface area contributed by atoms with Crippen LogP contribution in [0, 0.1) is 5.92 Å². The molecule has 2 fully saturated rings. The first-order chi connectivity index (χ1) is 12.6. The van der Waals surface area contributed by atoms with E-state index in [0.717, 1.165) is 32.1 Å². The third kappa shape index (κ3) is 7.29. The van der Waals surface area contributed by atoms with Gasteiger partial charge in [-0.3, -0.25) is 9.79 Å². The Labute approximate surface area is 163 Å². The molecular weight excluding hydrogens is 366 g/mol. The summed E-state index contributed by atoms with van der Waals surface area (Å²) in [6.07, 6.45) is 7.68. The molecule has 0 aromatic carbocycles. The van der Waals surface area contributed by atoms with Gasteiger partial charge in [0.15, 0.2) is 5.96 Å². The molecule has 1 saturated carbocycles. The zero-order chi connectivity index (χ0) is 20.1. The van der Waals surface area contributed by atoms with Crippen molar-refractivity contribution in [2.24, 2.45) is 10.9 Å². The highest BCUT2D eigenvalue weighted by atomic mass is 32.2. The van der Waals surface area contributed by atoms with Crippen LogP contribution in [0.3, 0.4) is 0 Å². The van der Waals surface area contributed by atoms with Crippen molar-refractivity contribution >= 4 is 21.9 Å². The average Bonchev–Trinajstić information content (AvgIpc) is 3.05. The summed E-state index contributed by atoms with van der Waals surface area (Å²) < 4.78 is 25.5. The van der Waals surface area contributed by atoms with Crippen LogP contribution < -0.4 is 15.4 Å². The van der Waals surface area contributed by atoms with E-state index in [1.54, 1.807) is 7.05 Å². The molecule has 3 N–H and O–H groups in total. The van der Waals surface area contributed by atoms with Gasteiger partial charge in [0, 0.05) is 44.2 Å². The smallest absolute Gasteiger partial charge is 0.225 e. The van der Waals surface area contributed by atoms with E-state index in [0.29, 0.717) is 25.0 Å². The number of likely N-dealkylation sites (tertiary alicyclic amines) is 1. The molecule has 1 aliphatic carbocycles. The number of hydrogen-bond acceptors (Lipinski definition) is 4. The van der Waals surface area contributed by atoms with Gasteiger partial charge < -0.3 is 15.5 Å². The lowest BCUT2D eigenvalue weighted by molar-refractivity contribution is -0.135. The molecule has 2 rings (SSSR count). The predicted octanol–water partition coefficient (Wildman–Crippen LogP) is 0.660. The van der Waals surface area contributed by atoms with Gasteiger partial charge in [-0.1, -0.05) is 19.3 Å². The molecule has 1 aliphatic heterocycles. The molecular formula is C18H35N5O3S. The van der Waals surface area contributed by atoms with Crippen molar-refractivity contribution in [1.82, 2.24) is 20.3 Å². The van der Waals surface area contributed by atoms with E-state index >= 15 is 0 Å². The molecule has 1 heterocycles. The van der Waals surface area contributed by atoms with Crippen LogP contribution in [0.4, 0.5) is 0 Å². The number of guanidine groups is 1. The minimum atomic E-state index is -3.28. The Morgan fingerprint density at radius 1 is 1.19 bits per heavy atom. The summed E-state index contributed by atoms with van der Waals surface area (Å²) in [6.45, 7) is 5.51. The number of nitrogens with zero attached hydrogens (tertiary/aromatic N) is 2. The first-order valence-electron chi connectivity index (χ1n) is 9.84. The highest BCUT2D eigenvalue weighted by molar-refractivity contribution is 7.88. The lowest BCUT2D eigenvalue weighted by Crippen LogP contribution is -2.54. The minimum absolute atomic E-state index is 0.162. The molecule has 0 aromatic heterocycles. The molecule has 0 radical (unpaired) electrons. The number of carbonyl (C=O) groups excluding carboxylic acids is 1. The molecule has 0 bridgehead atoms. The van der Waals surface area contributed by atoms with Crippen molar-refractivity contribution in [3.8, 4) is 0 Å². The van der Waals surface area contributed by atoms with E-state index in [1.165, 1.54) is 19.3 Å². The van der Waals surface area contributed by atoms with Gasteiger partial charge in [-0.2, -0.15) is 0 Å². The molecule has 0 spiro atoms. The van der Waals surface area contributed by atoms with Crippen LogP contribution >= 0.6 is 0 Å². The summed E-state index contributed by atoms with van der Waals surface area (Å²) in [7, 11) is -1.59. The lowest BCUT2D eigenvalue weighted by Gasteiger charge is -2.28. The van der Waals surface area contributed by atoms with Crippen molar-refractivity contribution < 1.29 is 13.2 Å². The van der Waals surface area contributed by atoms with E-state index in [-0.39, 0.29) is 12.0 Å². The number of rotatable bonds is 6. The number of amides is 1. The van der Waals surface area contributed by atoms with E-state index < -0.39 is 15.6 Å². The molecule has 1 saturated heterocycles. The van der Waals surface area contributed by atoms with E-state index in [9.17, 15) is 13.2 Å². The van der Waals surface area contributed by atoms with Gasteiger partial charge in [-0.25, -0.2) is 13.1 Å². The number of carbonyl (C=O) groups is 1. The van der Waals surface area contributed by atoms with Crippen LogP contribution in [-0.2, 0) is 14.8 Å². The Balaban J connectivity index is 1.80. The molecule has 1 amide bonds. The number of aliphatic imine (C=N–C) groups is 1. The zero-order valence-electron chi connectivity index (χ0n) is 17.0. The predicted molar refractivity (Wildman–Crippen MR) is 108 cm³/mol. The molecule has 0 aromatic rings. The second kappa shape index (κ2) is 9.23. The van der Waals surface area contributed by atoms with E-state index in [1.807, 2.05) is 18.7 Å². The number of hydrogen-bond donors (Lipinski definition) is 3. The quantitative estimate of drug-likeness (QED) is 0.448. The third-order valence-electron chi connectivity index (χ3n) is 5.18. The maximum atomic E-state index is 12.7. The molecule has 156 valence electrons. The second-order valence-electron chi connectivity index (χ2n) is 8.43. The molecule has 9 heteroatoms. The number of nitrogens with one attached hydrogen (secondary N) is 3. The Kier molecular flexibility index (Phi) is 7.50. The summed E-state index contributed by atoms with van der Waals surface area (Å²) in [4.78, 5) is 18.9. The Morgan fingerprint density at radius 3 is 2.44 bits per heavy atom. The first-order valence-corrected chi connectivity index (χ1v) is 11.7. The van der Waals surface area contributed by atoms with Gasteiger partial charge >= 0.3 is 0 Å². The minimum Gasteiger partial charge on any atom is -0.355 e. The van der Waals surface area contributed by atoms with Crippen molar-refractivity contribution in [1.29, 1.82) is 0 Å². The topological polar surface area (TPSA) is 103 Å². The molecule has 27 heavy (non-hydrogen) atoms. The van der Waals surface area contributed by atoms with Crippen LogP contribution in [0.1, 0.15) is 52.4 Å². The largest absolute Gasteiger partial charge is 0.355 e. The fraction of sp³-hybridized carbons (Fsp3) is 0.889. The monoisotopic (exact) mass is 401 g/mol. The summed E-state index contributed by atoms with van der Waals surface area (Å²) in [6, 6.07) is 0.162. The van der Waals surface area contributed by atoms with Crippen LogP contribution in [0.2, 0.25) is 0 Å². The van der Waals surface area contributed by atoms with Gasteiger partial charge in [-0.05, 0) is 33.1 Å². The normalized spacial score (nSPS) is 22.7. The summed E-state index contributed by atoms with van der Waals surface area (Å²) in [5.74, 6) is 1.13.